The highest BCUT2D eigenvalue weighted by molar-refractivity contribution is 7.91. The highest BCUT2D eigenvalue weighted by Crippen LogP contribution is 2.25. The normalized spacial score (nSPS) is 11.5. The highest BCUT2D eigenvalue weighted by Gasteiger charge is 2.15. The van der Waals surface area contributed by atoms with E-state index in [1.807, 2.05) is 36.9 Å². The molecule has 4 rings (SSSR count). The Kier molecular flexibility index (Phi) is 6.19. The second-order valence-electron chi connectivity index (χ2n) is 7.56. The molecule has 10 heteroatoms. The minimum absolute atomic E-state index is 0.0346. The van der Waals surface area contributed by atoms with Gasteiger partial charge in [0, 0.05) is 42.1 Å². The number of ether oxygens (including phenoxy) is 1. The van der Waals surface area contributed by atoms with Crippen molar-refractivity contribution >= 4 is 38.2 Å². The van der Waals surface area contributed by atoms with Crippen molar-refractivity contribution in [3.63, 3.8) is 0 Å². The predicted octanol–water partition coefficient (Wildman–Crippen LogP) is 3.83. The van der Waals surface area contributed by atoms with Gasteiger partial charge in [0.25, 0.3) is 0 Å². The molecule has 0 aliphatic rings. The maximum absolute atomic E-state index is 12.2. The average molecular weight is 467 g/mol. The van der Waals surface area contributed by atoms with Gasteiger partial charge in [-0.05, 0) is 49.4 Å². The lowest BCUT2D eigenvalue weighted by Crippen LogP contribution is -2.09. The van der Waals surface area contributed by atoms with Crippen molar-refractivity contribution in [2.24, 2.45) is 7.05 Å². The van der Waals surface area contributed by atoms with Crippen LogP contribution in [0.4, 0.5) is 17.5 Å². The molecule has 0 spiro atoms. The third kappa shape index (κ3) is 4.75. The molecule has 2 aromatic heterocycles. The molecule has 0 fully saturated rings. The van der Waals surface area contributed by atoms with E-state index in [4.69, 9.17) is 4.74 Å². The fourth-order valence-electron chi connectivity index (χ4n) is 3.50. The van der Waals surface area contributed by atoms with Crippen molar-refractivity contribution in [3.05, 3.63) is 59.9 Å². The maximum Gasteiger partial charge on any atom is 0.224 e. The van der Waals surface area contributed by atoms with Crippen molar-refractivity contribution in [2.75, 3.05) is 23.5 Å². The fraction of sp³-hybridized carbons (Fsp3) is 0.261. The number of aryl methyl sites for hydroxylation is 2. The van der Waals surface area contributed by atoms with Crippen molar-refractivity contribution < 1.29 is 13.2 Å². The smallest absolute Gasteiger partial charge is 0.224 e. The van der Waals surface area contributed by atoms with E-state index in [1.165, 1.54) is 0 Å². The molecule has 4 aromatic rings. The van der Waals surface area contributed by atoms with E-state index in [2.05, 4.69) is 25.7 Å². The first-order chi connectivity index (χ1) is 15.8. The number of aromatic nitrogens is 4. The Bertz CT molecular complexity index is 1420. The molecule has 0 unspecified atom stereocenters. The summed E-state index contributed by atoms with van der Waals surface area (Å²) in [7, 11) is 0.155. The second kappa shape index (κ2) is 9.07. The van der Waals surface area contributed by atoms with Crippen LogP contribution in [0, 0.1) is 6.92 Å². The molecule has 9 nitrogen and oxygen atoms in total. The summed E-state index contributed by atoms with van der Waals surface area (Å²) in [5.41, 5.74) is 3.58. The van der Waals surface area contributed by atoms with Gasteiger partial charge in [0.2, 0.25) is 5.95 Å². The summed E-state index contributed by atoms with van der Waals surface area (Å²) in [6.45, 7) is 3.96. The van der Waals surface area contributed by atoms with Crippen LogP contribution in [0.1, 0.15) is 18.2 Å². The minimum atomic E-state index is -3.32. The molecule has 2 N–H and O–H groups in total. The molecule has 172 valence electrons. The third-order valence-electron chi connectivity index (χ3n) is 5.49. The van der Waals surface area contributed by atoms with Gasteiger partial charge in [0.1, 0.15) is 11.6 Å². The van der Waals surface area contributed by atoms with E-state index in [9.17, 15) is 8.42 Å². The van der Waals surface area contributed by atoms with Gasteiger partial charge >= 0.3 is 0 Å². The van der Waals surface area contributed by atoms with E-state index in [1.54, 1.807) is 44.5 Å². The van der Waals surface area contributed by atoms with Gasteiger partial charge < -0.3 is 15.4 Å². The van der Waals surface area contributed by atoms with Crippen molar-refractivity contribution in [1.82, 2.24) is 19.7 Å². The van der Waals surface area contributed by atoms with Crippen LogP contribution < -0.4 is 15.4 Å². The molecule has 0 aliphatic carbocycles. The lowest BCUT2D eigenvalue weighted by molar-refractivity contribution is 0.410. The molecular formula is C23H26N6O3S. The second-order valence-corrected chi connectivity index (χ2v) is 9.84. The number of nitrogens with zero attached hydrogens (tertiary/aromatic N) is 4. The number of hydrogen-bond acceptors (Lipinski definition) is 8. The molecule has 0 bridgehead atoms. The number of methoxy groups -OCH3 is 1. The maximum atomic E-state index is 12.2. The fourth-order valence-corrected chi connectivity index (χ4v) is 4.43. The summed E-state index contributed by atoms with van der Waals surface area (Å²) in [5.74, 6) is 1.65. The number of benzene rings is 2. The largest absolute Gasteiger partial charge is 0.496 e. The first kappa shape index (κ1) is 22.5. The quantitative estimate of drug-likeness (QED) is 0.403. The summed E-state index contributed by atoms with van der Waals surface area (Å²) in [6.07, 6.45) is 1.65. The Hall–Kier alpha value is -3.66. The number of rotatable bonds is 8. The molecule has 0 amide bonds. The molecule has 0 saturated heterocycles. The predicted molar refractivity (Wildman–Crippen MR) is 129 cm³/mol. The lowest BCUT2D eigenvalue weighted by Gasteiger charge is -2.12. The lowest BCUT2D eigenvalue weighted by atomic mass is 10.2. The van der Waals surface area contributed by atoms with Crippen molar-refractivity contribution in [1.29, 1.82) is 0 Å². The monoisotopic (exact) mass is 466 g/mol. The molecule has 2 aromatic carbocycles. The summed E-state index contributed by atoms with van der Waals surface area (Å²) in [6, 6.07) is 12.6. The molecule has 0 saturated carbocycles. The van der Waals surface area contributed by atoms with Crippen molar-refractivity contribution in [2.45, 2.75) is 25.3 Å². The molecule has 0 radical (unpaired) electrons. The molecule has 0 atom stereocenters. The van der Waals surface area contributed by atoms with Gasteiger partial charge in [0.05, 0.1) is 23.3 Å². The van der Waals surface area contributed by atoms with Crippen LogP contribution in [0.25, 0.3) is 10.9 Å². The van der Waals surface area contributed by atoms with Crippen LogP contribution in [0.5, 0.6) is 5.75 Å². The van der Waals surface area contributed by atoms with Crippen LogP contribution in [0.3, 0.4) is 0 Å². The van der Waals surface area contributed by atoms with E-state index in [0.29, 0.717) is 29.6 Å². The first-order valence-electron chi connectivity index (χ1n) is 10.5. The zero-order chi connectivity index (χ0) is 23.6. The highest BCUT2D eigenvalue weighted by atomic mass is 32.2. The number of sulfone groups is 1. The minimum Gasteiger partial charge on any atom is -0.496 e. The zero-order valence-electron chi connectivity index (χ0n) is 19.0. The Labute approximate surface area is 192 Å². The van der Waals surface area contributed by atoms with Crippen LogP contribution in [-0.2, 0) is 23.4 Å². The van der Waals surface area contributed by atoms with Gasteiger partial charge in [-0.25, -0.2) is 13.4 Å². The van der Waals surface area contributed by atoms with Crippen LogP contribution in [0.2, 0.25) is 0 Å². The van der Waals surface area contributed by atoms with Crippen LogP contribution >= 0.6 is 0 Å². The number of anilines is 3. The molecule has 2 heterocycles. The number of nitrogens with one attached hydrogen (secondary N) is 2. The van der Waals surface area contributed by atoms with Gasteiger partial charge in [-0.3, -0.25) is 4.68 Å². The Balaban J connectivity index is 1.52. The Morgan fingerprint density at radius 2 is 1.94 bits per heavy atom. The first-order valence-corrected chi connectivity index (χ1v) is 12.1. The van der Waals surface area contributed by atoms with Crippen molar-refractivity contribution in [3.8, 4) is 5.75 Å². The zero-order valence-corrected chi connectivity index (χ0v) is 19.8. The van der Waals surface area contributed by atoms with Crippen LogP contribution in [0.15, 0.2) is 53.6 Å². The van der Waals surface area contributed by atoms with E-state index in [-0.39, 0.29) is 10.6 Å². The van der Waals surface area contributed by atoms with Gasteiger partial charge in [-0.1, -0.05) is 6.92 Å². The summed E-state index contributed by atoms with van der Waals surface area (Å²) < 4.78 is 31.7. The van der Waals surface area contributed by atoms with E-state index >= 15 is 0 Å². The van der Waals surface area contributed by atoms with Gasteiger partial charge in [0.15, 0.2) is 9.84 Å². The molecular weight excluding hydrogens is 440 g/mol. The van der Waals surface area contributed by atoms with E-state index in [0.717, 1.165) is 22.3 Å². The Morgan fingerprint density at radius 1 is 1.12 bits per heavy atom. The van der Waals surface area contributed by atoms with Crippen LogP contribution in [-0.4, -0.2) is 41.0 Å². The summed E-state index contributed by atoms with van der Waals surface area (Å²) in [4.78, 5) is 9.04. The molecule has 0 aliphatic heterocycles. The average Bonchev–Trinajstić information content (AvgIpc) is 3.10. The number of fused-ring (bicyclic) bond motifs is 1. The topological polar surface area (TPSA) is 111 Å². The Morgan fingerprint density at radius 3 is 2.70 bits per heavy atom. The third-order valence-corrected chi connectivity index (χ3v) is 7.22. The van der Waals surface area contributed by atoms with E-state index < -0.39 is 9.84 Å². The standard InChI is InChI=1S/C23H26N6O3S/c1-5-33(30,31)18-7-9-21(32-4)16(12-18)14-25-23-24-11-10-22(27-23)26-17-6-8-19-15(2)29(3)28-20(19)13-17/h6-13H,5,14H2,1-4H3,(H2,24,25,26,27). The SMILES string of the molecule is CCS(=O)(=O)c1ccc(OC)c(CNc2nccc(Nc3ccc4c(C)n(C)nc4c3)n2)c1. The summed E-state index contributed by atoms with van der Waals surface area (Å²) in [5, 5.41) is 12.0. The molecule has 33 heavy (non-hydrogen) atoms. The van der Waals surface area contributed by atoms with Gasteiger partial charge in [-0.15, -0.1) is 0 Å². The number of hydrogen-bond donors (Lipinski definition) is 2. The summed E-state index contributed by atoms with van der Waals surface area (Å²) >= 11 is 0. The van der Waals surface area contributed by atoms with Gasteiger partial charge in [-0.2, -0.15) is 10.1 Å².